The summed E-state index contributed by atoms with van der Waals surface area (Å²) in [4.78, 5) is 5.24. The fourth-order valence-electron chi connectivity index (χ4n) is 6.85. The van der Waals surface area contributed by atoms with Crippen molar-refractivity contribution in [1.82, 2.24) is 9.55 Å². The maximum Gasteiger partial charge on any atom is 0.0788 e. The van der Waals surface area contributed by atoms with Crippen molar-refractivity contribution in [2.24, 2.45) is 0 Å². The second kappa shape index (κ2) is 10.3. The molecule has 2 aromatic heterocycles. The number of nitrogens with zero attached hydrogens (tertiary/aromatic N) is 2. The number of hydrogen-bond acceptors (Lipinski definition) is 1. The van der Waals surface area contributed by atoms with E-state index >= 15 is 0 Å². The van der Waals surface area contributed by atoms with Crippen LogP contribution in [0.25, 0.3) is 82.7 Å². The Balaban J connectivity index is 1.35. The fourth-order valence-corrected chi connectivity index (χ4v) is 6.85. The van der Waals surface area contributed by atoms with Gasteiger partial charge >= 0.3 is 0 Å². The number of aromatic nitrogens is 2. The summed E-state index contributed by atoms with van der Waals surface area (Å²) in [5, 5.41) is 6.03. The van der Waals surface area contributed by atoms with Crippen molar-refractivity contribution < 1.29 is 0 Å². The summed E-state index contributed by atoms with van der Waals surface area (Å²) in [5.41, 5.74) is 11.4. The van der Waals surface area contributed by atoms with E-state index in [1.807, 2.05) is 0 Å². The average Bonchev–Trinajstić information content (AvgIpc) is 3.45. The van der Waals surface area contributed by atoms with Crippen molar-refractivity contribution >= 4 is 43.5 Å². The van der Waals surface area contributed by atoms with Gasteiger partial charge in [-0.15, -0.1) is 0 Å². The molecule has 0 atom stereocenters. The van der Waals surface area contributed by atoms with Crippen LogP contribution in [0.2, 0.25) is 0 Å². The molecule has 0 aliphatic heterocycles. The molecule has 7 aromatic carbocycles. The Labute approximate surface area is 261 Å². The van der Waals surface area contributed by atoms with Gasteiger partial charge in [0.05, 0.1) is 22.2 Å². The van der Waals surface area contributed by atoms with Crippen LogP contribution in [0.15, 0.2) is 170 Å². The quantitative estimate of drug-likeness (QED) is 0.192. The zero-order chi connectivity index (χ0) is 29.7. The smallest absolute Gasteiger partial charge is 0.0788 e. The molecule has 0 radical (unpaired) electrons. The van der Waals surface area contributed by atoms with E-state index in [1.165, 1.54) is 49.3 Å². The summed E-state index contributed by atoms with van der Waals surface area (Å²) in [5.74, 6) is 0. The summed E-state index contributed by atoms with van der Waals surface area (Å²) < 4.78 is 2.43. The first-order valence-electron chi connectivity index (χ1n) is 15.4. The minimum atomic E-state index is 1.01. The molecule has 210 valence electrons. The van der Waals surface area contributed by atoms with Gasteiger partial charge in [-0.05, 0) is 64.0 Å². The molecule has 0 aliphatic rings. The highest BCUT2D eigenvalue weighted by Gasteiger charge is 2.17. The van der Waals surface area contributed by atoms with Crippen molar-refractivity contribution in [2.75, 3.05) is 0 Å². The van der Waals surface area contributed by atoms with Crippen molar-refractivity contribution in [3.8, 4) is 39.2 Å². The molecule has 2 heterocycles. The first kappa shape index (κ1) is 25.5. The molecule has 9 rings (SSSR count). The molecule has 0 bridgehead atoms. The first-order valence-corrected chi connectivity index (χ1v) is 15.4. The van der Waals surface area contributed by atoms with Gasteiger partial charge in [-0.1, -0.05) is 133 Å². The lowest BCUT2D eigenvalue weighted by Gasteiger charge is -2.15. The Kier molecular flexibility index (Phi) is 5.85. The molecular formula is C43H28N2. The number of pyridine rings is 1. The van der Waals surface area contributed by atoms with E-state index in [4.69, 9.17) is 4.98 Å². The van der Waals surface area contributed by atoms with Crippen LogP contribution < -0.4 is 0 Å². The van der Waals surface area contributed by atoms with Crippen molar-refractivity contribution in [1.29, 1.82) is 0 Å². The van der Waals surface area contributed by atoms with Crippen LogP contribution in [-0.4, -0.2) is 9.55 Å². The minimum absolute atomic E-state index is 1.01. The molecule has 0 aliphatic carbocycles. The Morgan fingerprint density at radius 2 is 0.889 bits per heavy atom. The predicted molar refractivity (Wildman–Crippen MR) is 190 cm³/mol. The van der Waals surface area contributed by atoms with Crippen molar-refractivity contribution in [2.45, 2.75) is 0 Å². The number of para-hydroxylation sites is 2. The summed E-state index contributed by atoms with van der Waals surface area (Å²) in [7, 11) is 0. The molecule has 0 saturated carbocycles. The lowest BCUT2D eigenvalue weighted by atomic mass is 9.97. The Bertz CT molecular complexity index is 2470. The average molecular weight is 573 g/mol. The van der Waals surface area contributed by atoms with Crippen LogP contribution >= 0.6 is 0 Å². The second-order valence-electron chi connectivity index (χ2n) is 11.6. The molecule has 9 aromatic rings. The van der Waals surface area contributed by atoms with Gasteiger partial charge in [0.2, 0.25) is 0 Å². The van der Waals surface area contributed by atoms with Crippen LogP contribution in [0.3, 0.4) is 0 Å². The van der Waals surface area contributed by atoms with E-state index in [2.05, 4.69) is 174 Å². The first-order chi connectivity index (χ1) is 22.3. The van der Waals surface area contributed by atoms with Gasteiger partial charge in [-0.25, -0.2) is 4.98 Å². The van der Waals surface area contributed by atoms with Crippen molar-refractivity contribution in [3.05, 3.63) is 170 Å². The van der Waals surface area contributed by atoms with E-state index in [0.29, 0.717) is 0 Å². The van der Waals surface area contributed by atoms with Gasteiger partial charge in [0.25, 0.3) is 0 Å². The highest BCUT2D eigenvalue weighted by atomic mass is 15.0. The van der Waals surface area contributed by atoms with Gasteiger partial charge in [-0.2, -0.15) is 0 Å². The number of rotatable bonds is 4. The van der Waals surface area contributed by atoms with Gasteiger partial charge in [0.1, 0.15) is 0 Å². The summed E-state index contributed by atoms with van der Waals surface area (Å²) >= 11 is 0. The maximum atomic E-state index is 5.24. The largest absolute Gasteiger partial charge is 0.309 e. The van der Waals surface area contributed by atoms with Crippen LogP contribution in [0, 0.1) is 0 Å². The van der Waals surface area contributed by atoms with Crippen LogP contribution in [0.4, 0.5) is 0 Å². The van der Waals surface area contributed by atoms with Crippen molar-refractivity contribution in [3.63, 3.8) is 0 Å². The van der Waals surface area contributed by atoms with Crippen LogP contribution in [-0.2, 0) is 0 Å². The number of benzene rings is 7. The minimum Gasteiger partial charge on any atom is -0.309 e. The third-order valence-corrected chi connectivity index (χ3v) is 8.95. The number of fused-ring (bicyclic) bond motifs is 6. The van der Waals surface area contributed by atoms with E-state index in [1.54, 1.807) is 0 Å². The Hall–Kier alpha value is -5.99. The van der Waals surface area contributed by atoms with E-state index in [-0.39, 0.29) is 0 Å². The Morgan fingerprint density at radius 3 is 1.60 bits per heavy atom. The topological polar surface area (TPSA) is 17.8 Å². The zero-order valence-corrected chi connectivity index (χ0v) is 24.6. The predicted octanol–water partition coefficient (Wildman–Crippen LogP) is 11.5. The molecule has 0 spiro atoms. The monoisotopic (exact) mass is 572 g/mol. The molecule has 2 nitrogen and oxygen atoms in total. The SMILES string of the molecule is c1ccc(-c2cc(-c3ccccc3)cc(-n3c4ccccc4c4ccc(-c5nc6ccccc6c6ccccc56)cc43)c2)cc1. The molecule has 0 fully saturated rings. The molecule has 2 heteroatoms. The molecule has 0 unspecified atom stereocenters. The number of hydrogen-bond donors (Lipinski definition) is 0. The molecular weight excluding hydrogens is 544 g/mol. The Morgan fingerprint density at radius 1 is 0.333 bits per heavy atom. The molecule has 45 heavy (non-hydrogen) atoms. The van der Waals surface area contributed by atoms with Gasteiger partial charge in [-0.3, -0.25) is 0 Å². The van der Waals surface area contributed by atoms with Gasteiger partial charge < -0.3 is 4.57 Å². The third-order valence-electron chi connectivity index (χ3n) is 8.95. The molecule has 0 amide bonds. The molecule has 0 N–H and O–H groups in total. The molecule has 0 saturated heterocycles. The van der Waals surface area contributed by atoms with E-state index in [9.17, 15) is 0 Å². The summed E-state index contributed by atoms with van der Waals surface area (Å²) in [6.45, 7) is 0. The summed E-state index contributed by atoms with van der Waals surface area (Å²) in [6.07, 6.45) is 0. The maximum absolute atomic E-state index is 5.24. The zero-order valence-electron chi connectivity index (χ0n) is 24.6. The lowest BCUT2D eigenvalue weighted by molar-refractivity contribution is 1.18. The highest BCUT2D eigenvalue weighted by molar-refractivity contribution is 6.13. The lowest BCUT2D eigenvalue weighted by Crippen LogP contribution is -1.96. The normalized spacial score (nSPS) is 11.6. The van der Waals surface area contributed by atoms with E-state index in [0.717, 1.165) is 33.4 Å². The fraction of sp³-hybridized carbons (Fsp3) is 0. The van der Waals surface area contributed by atoms with Crippen LogP contribution in [0.1, 0.15) is 0 Å². The van der Waals surface area contributed by atoms with Crippen LogP contribution in [0.5, 0.6) is 0 Å². The van der Waals surface area contributed by atoms with Gasteiger partial charge in [0.15, 0.2) is 0 Å². The second-order valence-corrected chi connectivity index (χ2v) is 11.6. The van der Waals surface area contributed by atoms with E-state index < -0.39 is 0 Å². The standard InChI is InChI=1S/C43H28N2/c1-3-13-29(14-4-1)32-25-33(30-15-5-2-6-16-30)27-34(26-32)45-41-22-12-10-19-37(41)38-24-23-31(28-42(38)45)43-39-20-8-7-17-35(39)36-18-9-11-21-40(36)44-43/h1-28H. The third kappa shape index (κ3) is 4.22. The highest BCUT2D eigenvalue weighted by Crippen LogP contribution is 2.39. The van der Waals surface area contributed by atoms with Gasteiger partial charge in [0, 0.05) is 32.8 Å². The summed E-state index contributed by atoms with van der Waals surface area (Å²) in [6, 6.07) is 60.9.